The number of anilines is 1. The normalized spacial score (nSPS) is 17.7. The molecule has 0 saturated carbocycles. The van der Waals surface area contributed by atoms with Gasteiger partial charge in [0, 0.05) is 21.3 Å². The zero-order valence-electron chi connectivity index (χ0n) is 12.1. The van der Waals surface area contributed by atoms with E-state index in [1.807, 2.05) is 12.1 Å². The predicted molar refractivity (Wildman–Crippen MR) is 97.2 cm³/mol. The van der Waals surface area contributed by atoms with Crippen LogP contribution in [-0.4, -0.2) is 18.8 Å². The number of ether oxygens (including phenoxy) is 1. The van der Waals surface area contributed by atoms with E-state index >= 15 is 0 Å². The fraction of sp³-hybridized carbons (Fsp3) is 0.188. The number of benzene rings is 2. The third-order valence-corrected chi connectivity index (χ3v) is 5.56. The third-order valence-electron chi connectivity index (χ3n) is 3.51. The van der Waals surface area contributed by atoms with Gasteiger partial charge in [0.15, 0.2) is 0 Å². The van der Waals surface area contributed by atoms with E-state index in [9.17, 15) is 4.79 Å². The Labute approximate surface area is 153 Å². The first-order chi connectivity index (χ1) is 11.0. The Morgan fingerprint density at radius 2 is 1.91 bits per heavy atom. The molecule has 2 aromatic carbocycles. The fourth-order valence-corrected chi connectivity index (χ4v) is 4.48. The van der Waals surface area contributed by atoms with Crippen molar-refractivity contribution in [3.8, 4) is 5.75 Å². The molecule has 2 aromatic rings. The third kappa shape index (κ3) is 3.26. The maximum atomic E-state index is 12.4. The van der Waals surface area contributed by atoms with E-state index in [0.29, 0.717) is 32.3 Å². The van der Waals surface area contributed by atoms with Crippen LogP contribution in [0.2, 0.25) is 15.1 Å². The van der Waals surface area contributed by atoms with Crippen molar-refractivity contribution in [3.05, 3.63) is 57.0 Å². The Morgan fingerprint density at radius 1 is 1.13 bits per heavy atom. The van der Waals surface area contributed by atoms with Crippen molar-refractivity contribution in [1.29, 1.82) is 0 Å². The van der Waals surface area contributed by atoms with Gasteiger partial charge < -0.3 is 4.74 Å². The average molecular weight is 389 g/mol. The highest BCUT2D eigenvalue weighted by molar-refractivity contribution is 8.00. The number of halogens is 3. The number of amides is 1. The summed E-state index contributed by atoms with van der Waals surface area (Å²) in [4.78, 5) is 14.1. The van der Waals surface area contributed by atoms with E-state index in [0.717, 1.165) is 5.56 Å². The lowest BCUT2D eigenvalue weighted by Crippen LogP contribution is -2.27. The van der Waals surface area contributed by atoms with Crippen LogP contribution in [-0.2, 0) is 4.79 Å². The number of rotatable bonds is 3. The highest BCUT2D eigenvalue weighted by atomic mass is 35.5. The van der Waals surface area contributed by atoms with E-state index in [4.69, 9.17) is 39.5 Å². The second-order valence-electron chi connectivity index (χ2n) is 4.91. The Balaban J connectivity index is 2.01. The van der Waals surface area contributed by atoms with Crippen LogP contribution in [0.5, 0.6) is 5.75 Å². The summed E-state index contributed by atoms with van der Waals surface area (Å²) in [6, 6.07) is 10.6. The lowest BCUT2D eigenvalue weighted by molar-refractivity contribution is -0.115. The molecule has 1 aliphatic rings. The summed E-state index contributed by atoms with van der Waals surface area (Å²) in [6.45, 7) is 0. The number of hydrogen-bond acceptors (Lipinski definition) is 3. The van der Waals surface area contributed by atoms with Crippen molar-refractivity contribution >= 4 is 58.2 Å². The van der Waals surface area contributed by atoms with Gasteiger partial charge in [-0.2, -0.15) is 0 Å². The number of hydrogen-bond donors (Lipinski definition) is 0. The first-order valence-corrected chi connectivity index (χ1v) is 8.91. The molecule has 23 heavy (non-hydrogen) atoms. The Kier molecular flexibility index (Phi) is 4.97. The maximum Gasteiger partial charge on any atom is 0.238 e. The summed E-state index contributed by atoms with van der Waals surface area (Å²) in [5, 5.41) is 1.34. The van der Waals surface area contributed by atoms with Crippen LogP contribution in [0.3, 0.4) is 0 Å². The quantitative estimate of drug-likeness (QED) is 0.701. The second-order valence-corrected chi connectivity index (χ2v) is 7.23. The Hall–Kier alpha value is -1.07. The van der Waals surface area contributed by atoms with Gasteiger partial charge >= 0.3 is 0 Å². The Morgan fingerprint density at radius 3 is 2.57 bits per heavy atom. The van der Waals surface area contributed by atoms with Crippen molar-refractivity contribution in [2.24, 2.45) is 0 Å². The van der Waals surface area contributed by atoms with Gasteiger partial charge in [-0.3, -0.25) is 9.69 Å². The van der Waals surface area contributed by atoms with Gasteiger partial charge in [0.05, 0.1) is 17.9 Å². The van der Waals surface area contributed by atoms with Crippen LogP contribution in [0.1, 0.15) is 10.9 Å². The molecule has 1 fully saturated rings. The molecule has 1 heterocycles. The van der Waals surface area contributed by atoms with Gasteiger partial charge in [-0.05, 0) is 30.3 Å². The summed E-state index contributed by atoms with van der Waals surface area (Å²) >= 11 is 20.0. The van der Waals surface area contributed by atoms with Gasteiger partial charge in [-0.25, -0.2) is 0 Å². The molecule has 1 unspecified atom stereocenters. The maximum absolute atomic E-state index is 12.4. The van der Waals surface area contributed by atoms with Crippen LogP contribution < -0.4 is 9.64 Å². The monoisotopic (exact) mass is 387 g/mol. The predicted octanol–water partition coefficient (Wildman–Crippen LogP) is 5.43. The van der Waals surface area contributed by atoms with Crippen molar-refractivity contribution in [1.82, 2.24) is 0 Å². The van der Waals surface area contributed by atoms with Crippen LogP contribution >= 0.6 is 46.6 Å². The minimum absolute atomic E-state index is 0.00671. The molecular formula is C16H12Cl3NO2S. The molecule has 1 saturated heterocycles. The lowest BCUT2D eigenvalue weighted by atomic mass is 10.2. The summed E-state index contributed by atoms with van der Waals surface area (Å²) in [5.74, 6) is 0.954. The molecule has 7 heteroatoms. The number of thioether (sulfide) groups is 1. The molecule has 1 amide bonds. The van der Waals surface area contributed by atoms with Crippen LogP contribution in [0.25, 0.3) is 0 Å². The smallest absolute Gasteiger partial charge is 0.238 e. The van der Waals surface area contributed by atoms with E-state index < -0.39 is 0 Å². The van der Waals surface area contributed by atoms with Crippen LogP contribution in [0, 0.1) is 0 Å². The fourth-order valence-electron chi connectivity index (χ4n) is 2.44. The molecule has 3 rings (SSSR count). The average Bonchev–Trinajstić information content (AvgIpc) is 2.88. The highest BCUT2D eigenvalue weighted by Gasteiger charge is 2.35. The molecule has 0 aliphatic carbocycles. The van der Waals surface area contributed by atoms with E-state index in [-0.39, 0.29) is 11.3 Å². The molecule has 1 atom stereocenters. The molecule has 0 spiro atoms. The van der Waals surface area contributed by atoms with Gasteiger partial charge in [0.2, 0.25) is 5.91 Å². The summed E-state index contributed by atoms with van der Waals surface area (Å²) < 4.78 is 5.16. The SMILES string of the molecule is COc1ccc(N2C(=O)CSC2c2ccc(Cl)cc2Cl)cc1Cl. The van der Waals surface area contributed by atoms with Gasteiger partial charge in [-0.1, -0.05) is 40.9 Å². The second kappa shape index (κ2) is 6.81. The molecule has 0 aromatic heterocycles. The Bertz CT molecular complexity index is 769. The molecule has 0 N–H and O–H groups in total. The first kappa shape index (κ1) is 16.8. The van der Waals surface area contributed by atoms with E-state index in [1.165, 1.54) is 11.8 Å². The minimum atomic E-state index is -0.211. The zero-order valence-corrected chi connectivity index (χ0v) is 15.1. The summed E-state index contributed by atoms with van der Waals surface area (Å²) in [7, 11) is 1.55. The highest BCUT2D eigenvalue weighted by Crippen LogP contribution is 2.45. The molecule has 1 aliphatic heterocycles. The molecule has 0 bridgehead atoms. The summed E-state index contributed by atoms with van der Waals surface area (Å²) in [5.41, 5.74) is 1.56. The van der Waals surface area contributed by atoms with Crippen molar-refractivity contribution in [2.45, 2.75) is 5.37 Å². The van der Waals surface area contributed by atoms with Crippen molar-refractivity contribution in [3.63, 3.8) is 0 Å². The lowest BCUT2D eigenvalue weighted by Gasteiger charge is -2.25. The number of carbonyl (C=O) groups excluding carboxylic acids is 1. The molecular weight excluding hydrogens is 377 g/mol. The first-order valence-electron chi connectivity index (χ1n) is 6.73. The van der Waals surface area contributed by atoms with E-state index in [2.05, 4.69) is 0 Å². The minimum Gasteiger partial charge on any atom is -0.495 e. The topological polar surface area (TPSA) is 29.5 Å². The summed E-state index contributed by atoms with van der Waals surface area (Å²) in [6.07, 6.45) is 0. The van der Waals surface area contributed by atoms with Gasteiger partial charge in [0.25, 0.3) is 0 Å². The van der Waals surface area contributed by atoms with Gasteiger partial charge in [-0.15, -0.1) is 11.8 Å². The number of carbonyl (C=O) groups is 1. The van der Waals surface area contributed by atoms with Crippen molar-refractivity contribution < 1.29 is 9.53 Å². The number of nitrogens with zero attached hydrogens (tertiary/aromatic N) is 1. The van der Waals surface area contributed by atoms with Crippen molar-refractivity contribution in [2.75, 3.05) is 17.8 Å². The molecule has 120 valence electrons. The van der Waals surface area contributed by atoms with E-state index in [1.54, 1.807) is 36.3 Å². The van der Waals surface area contributed by atoms with Crippen LogP contribution in [0.15, 0.2) is 36.4 Å². The zero-order chi connectivity index (χ0) is 16.6. The number of methoxy groups -OCH3 is 1. The molecule has 3 nitrogen and oxygen atoms in total. The largest absolute Gasteiger partial charge is 0.495 e. The van der Waals surface area contributed by atoms with Crippen LogP contribution in [0.4, 0.5) is 5.69 Å². The van der Waals surface area contributed by atoms with Gasteiger partial charge in [0.1, 0.15) is 11.1 Å². The molecule has 0 radical (unpaired) electrons. The standard InChI is InChI=1S/C16H12Cl3NO2S/c1-22-14-5-3-10(7-13(14)19)20-15(21)8-23-16(20)11-4-2-9(17)6-12(11)18/h2-7,16H,8H2,1H3.